The molecule has 5 nitrogen and oxygen atoms in total. The van der Waals surface area contributed by atoms with Gasteiger partial charge in [0.15, 0.2) is 0 Å². The Hall–Kier alpha value is -2.08. The van der Waals surface area contributed by atoms with Crippen molar-refractivity contribution in [1.29, 1.82) is 0 Å². The van der Waals surface area contributed by atoms with Crippen molar-refractivity contribution >= 4 is 5.69 Å². The summed E-state index contributed by atoms with van der Waals surface area (Å²) in [5, 5.41) is 29.3. The minimum Gasteiger partial charge on any atom is -0.508 e. The van der Waals surface area contributed by atoms with E-state index in [0.717, 1.165) is 18.7 Å². The van der Waals surface area contributed by atoms with Gasteiger partial charge in [0.2, 0.25) is 0 Å². The summed E-state index contributed by atoms with van der Waals surface area (Å²) in [7, 11) is 0. The van der Waals surface area contributed by atoms with Crippen molar-refractivity contribution in [2.75, 3.05) is 18.1 Å². The number of phenolic OH excluding ortho intramolecular Hbond substituents is 1. The summed E-state index contributed by atoms with van der Waals surface area (Å²) in [6.45, 7) is 3.64. The van der Waals surface area contributed by atoms with Gasteiger partial charge in [0.1, 0.15) is 5.75 Å². The molecule has 0 saturated carbocycles. The van der Waals surface area contributed by atoms with Crippen molar-refractivity contribution in [2.24, 2.45) is 0 Å². The average molecular weight is 369 g/mol. The number of hydrogen-bond acceptors (Lipinski definition) is 5. The van der Waals surface area contributed by atoms with E-state index in [-0.39, 0.29) is 30.5 Å². The number of benzene rings is 2. The van der Waals surface area contributed by atoms with E-state index in [2.05, 4.69) is 30.0 Å². The fraction of sp³-hybridized carbons (Fsp3) is 0.455. The number of aromatic hydroxyl groups is 1. The number of fused-ring (bicyclic) bond motifs is 1. The quantitative estimate of drug-likeness (QED) is 0.773. The van der Waals surface area contributed by atoms with Crippen LogP contribution in [0.5, 0.6) is 5.75 Å². The Morgan fingerprint density at radius 3 is 2.63 bits per heavy atom. The molecule has 0 bridgehead atoms. The van der Waals surface area contributed by atoms with Crippen molar-refractivity contribution in [3.05, 3.63) is 59.2 Å². The van der Waals surface area contributed by atoms with Crippen LogP contribution in [0.15, 0.2) is 42.5 Å². The number of anilines is 1. The first-order valence-corrected chi connectivity index (χ1v) is 9.62. The molecule has 5 heteroatoms. The van der Waals surface area contributed by atoms with Gasteiger partial charge in [0.05, 0.1) is 24.9 Å². The summed E-state index contributed by atoms with van der Waals surface area (Å²) in [6.07, 6.45) is 0.272. The first-order valence-electron chi connectivity index (χ1n) is 9.62. The molecule has 3 N–H and O–H groups in total. The number of ether oxygens (including phenoxy) is 1. The molecule has 0 radical (unpaired) electrons. The summed E-state index contributed by atoms with van der Waals surface area (Å²) in [6, 6.07) is 13.7. The zero-order valence-corrected chi connectivity index (χ0v) is 15.6. The van der Waals surface area contributed by atoms with E-state index in [1.807, 2.05) is 12.1 Å². The number of nitrogens with zero attached hydrogens (tertiary/aromatic N) is 1. The second kappa shape index (κ2) is 7.50. The van der Waals surface area contributed by atoms with Crippen LogP contribution in [0, 0.1) is 6.92 Å². The largest absolute Gasteiger partial charge is 0.508 e. The molecular formula is C22H27NO4. The van der Waals surface area contributed by atoms with Crippen molar-refractivity contribution < 1.29 is 20.1 Å². The number of aliphatic hydroxyl groups excluding tert-OH is 2. The molecule has 144 valence electrons. The summed E-state index contributed by atoms with van der Waals surface area (Å²) in [4.78, 5) is 2.36. The molecule has 0 amide bonds. The summed E-state index contributed by atoms with van der Waals surface area (Å²) in [5.41, 5.74) is 4.86. The number of hydrogen-bond donors (Lipinski definition) is 3. The van der Waals surface area contributed by atoms with E-state index in [0.29, 0.717) is 12.8 Å². The van der Waals surface area contributed by atoms with Gasteiger partial charge in [0.25, 0.3) is 0 Å². The van der Waals surface area contributed by atoms with Crippen LogP contribution in [0.25, 0.3) is 0 Å². The molecule has 4 rings (SSSR count). The molecule has 1 fully saturated rings. The zero-order valence-electron chi connectivity index (χ0n) is 15.6. The maximum Gasteiger partial charge on any atom is 0.115 e. The molecule has 1 unspecified atom stereocenters. The topological polar surface area (TPSA) is 73.2 Å². The third-order valence-corrected chi connectivity index (χ3v) is 5.77. The van der Waals surface area contributed by atoms with Crippen LogP contribution in [0.1, 0.15) is 35.4 Å². The smallest absolute Gasteiger partial charge is 0.115 e. The van der Waals surface area contributed by atoms with Gasteiger partial charge < -0.3 is 25.0 Å². The van der Waals surface area contributed by atoms with Crippen LogP contribution in [0.3, 0.4) is 0 Å². The van der Waals surface area contributed by atoms with E-state index in [1.54, 1.807) is 12.1 Å². The third kappa shape index (κ3) is 3.68. The highest BCUT2D eigenvalue weighted by molar-refractivity contribution is 5.65. The highest BCUT2D eigenvalue weighted by Crippen LogP contribution is 2.44. The molecule has 2 aliphatic rings. The average Bonchev–Trinajstić information content (AvgIpc) is 3.03. The monoisotopic (exact) mass is 369 g/mol. The van der Waals surface area contributed by atoms with Gasteiger partial charge in [-0.25, -0.2) is 0 Å². The lowest BCUT2D eigenvalue weighted by Crippen LogP contribution is -2.41. The molecule has 1 saturated heterocycles. The van der Waals surface area contributed by atoms with Crippen LogP contribution in [-0.2, 0) is 11.3 Å². The molecule has 4 atom stereocenters. The molecule has 27 heavy (non-hydrogen) atoms. The number of rotatable bonds is 4. The van der Waals surface area contributed by atoms with Gasteiger partial charge >= 0.3 is 0 Å². The maximum atomic E-state index is 10.2. The standard InChI is InChI=1S/C22H27NO4/c1-14-3-2-4-19-20(21-10-17(26)9-18(13-24)27-21)12-23(22(14)19)11-15-5-7-16(25)8-6-15/h2-8,17-18,20-21,24-26H,9-13H2,1H3/t17-,18-,20?,21+/m0/s1. The van der Waals surface area contributed by atoms with Crippen LogP contribution in [0.4, 0.5) is 5.69 Å². The minimum absolute atomic E-state index is 0.0574. The van der Waals surface area contributed by atoms with Crippen molar-refractivity contribution in [3.63, 3.8) is 0 Å². The van der Waals surface area contributed by atoms with Gasteiger partial charge in [-0.1, -0.05) is 30.3 Å². The zero-order chi connectivity index (χ0) is 19.0. The normalized spacial score (nSPS) is 27.6. The highest BCUT2D eigenvalue weighted by atomic mass is 16.5. The molecule has 2 aromatic rings. The van der Waals surface area contributed by atoms with E-state index < -0.39 is 6.10 Å². The highest BCUT2D eigenvalue weighted by Gasteiger charge is 2.40. The molecule has 0 aromatic heterocycles. The van der Waals surface area contributed by atoms with Crippen molar-refractivity contribution in [1.82, 2.24) is 0 Å². The molecule has 2 aromatic carbocycles. The van der Waals surface area contributed by atoms with Gasteiger partial charge in [-0.05, 0) is 35.7 Å². The van der Waals surface area contributed by atoms with E-state index in [4.69, 9.17) is 4.74 Å². The van der Waals surface area contributed by atoms with Crippen molar-refractivity contribution in [3.8, 4) is 5.75 Å². The van der Waals surface area contributed by atoms with Gasteiger partial charge in [-0.2, -0.15) is 0 Å². The Kier molecular flexibility index (Phi) is 5.08. The second-order valence-corrected chi connectivity index (χ2v) is 7.77. The Morgan fingerprint density at radius 2 is 1.89 bits per heavy atom. The van der Waals surface area contributed by atoms with Crippen molar-refractivity contribution in [2.45, 2.75) is 50.5 Å². The number of aryl methyl sites for hydroxylation is 1. The summed E-state index contributed by atoms with van der Waals surface area (Å²) >= 11 is 0. The lowest BCUT2D eigenvalue weighted by Gasteiger charge is -2.36. The molecule has 2 aliphatic heterocycles. The Morgan fingerprint density at radius 1 is 1.11 bits per heavy atom. The Labute approximate surface area is 159 Å². The van der Waals surface area contributed by atoms with Crippen LogP contribution in [0.2, 0.25) is 0 Å². The molecule has 2 heterocycles. The summed E-state index contributed by atoms with van der Waals surface area (Å²) in [5.74, 6) is 0.440. The second-order valence-electron chi connectivity index (χ2n) is 7.77. The number of para-hydroxylation sites is 1. The number of phenols is 1. The third-order valence-electron chi connectivity index (χ3n) is 5.77. The molecule has 0 aliphatic carbocycles. The van der Waals surface area contributed by atoms with Crippen LogP contribution < -0.4 is 4.90 Å². The predicted molar refractivity (Wildman–Crippen MR) is 104 cm³/mol. The van der Waals surface area contributed by atoms with E-state index in [1.165, 1.54) is 16.8 Å². The lowest BCUT2D eigenvalue weighted by atomic mass is 9.88. The van der Waals surface area contributed by atoms with E-state index in [9.17, 15) is 15.3 Å². The fourth-order valence-electron chi connectivity index (χ4n) is 4.53. The Bertz CT molecular complexity index is 791. The molecular weight excluding hydrogens is 342 g/mol. The first-order chi connectivity index (χ1) is 13.0. The van der Waals surface area contributed by atoms with E-state index >= 15 is 0 Å². The SMILES string of the molecule is Cc1cccc2c1N(Cc1ccc(O)cc1)CC2[C@H]1C[C@@H](O)C[C@@H](CO)O1. The van der Waals surface area contributed by atoms with Crippen LogP contribution >= 0.6 is 0 Å². The number of aliphatic hydroxyl groups is 2. The Balaban J connectivity index is 1.62. The maximum absolute atomic E-state index is 10.2. The van der Waals surface area contributed by atoms with Crippen LogP contribution in [-0.4, -0.2) is 46.8 Å². The minimum atomic E-state index is -0.430. The lowest BCUT2D eigenvalue weighted by molar-refractivity contribution is -0.118. The van der Waals surface area contributed by atoms with Gasteiger partial charge in [-0.3, -0.25) is 0 Å². The predicted octanol–water partition coefficient (Wildman–Crippen LogP) is 2.71. The molecule has 0 spiro atoms. The first kappa shape index (κ1) is 18.3. The van der Waals surface area contributed by atoms with Gasteiger partial charge in [0, 0.05) is 37.5 Å². The fourth-order valence-corrected chi connectivity index (χ4v) is 4.53. The summed E-state index contributed by atoms with van der Waals surface area (Å²) < 4.78 is 6.13. The van der Waals surface area contributed by atoms with Gasteiger partial charge in [-0.15, -0.1) is 0 Å².